The molecule has 0 heterocycles. The summed E-state index contributed by atoms with van der Waals surface area (Å²) in [6.07, 6.45) is 1.26. The van der Waals surface area contributed by atoms with E-state index in [0.29, 0.717) is 18.9 Å². The predicted octanol–water partition coefficient (Wildman–Crippen LogP) is 3.31. The molecule has 0 aliphatic carbocycles. The Kier molecular flexibility index (Phi) is 6.40. The lowest BCUT2D eigenvalue weighted by Crippen LogP contribution is -2.36. The van der Waals surface area contributed by atoms with Gasteiger partial charge in [-0.3, -0.25) is 4.79 Å². The molecular weight excluding hydrogens is 238 g/mol. The Bertz CT molecular complexity index is 384. The third-order valence-corrected chi connectivity index (χ3v) is 3.23. The predicted molar refractivity (Wildman–Crippen MR) is 78.4 cm³/mol. The number of amides is 1. The van der Waals surface area contributed by atoms with Crippen molar-refractivity contribution < 1.29 is 9.53 Å². The van der Waals surface area contributed by atoms with Crippen molar-refractivity contribution in [2.24, 2.45) is 5.92 Å². The second kappa shape index (κ2) is 7.82. The Morgan fingerprint density at radius 3 is 2.42 bits per heavy atom. The Labute approximate surface area is 116 Å². The summed E-state index contributed by atoms with van der Waals surface area (Å²) in [7, 11) is 0. The van der Waals surface area contributed by atoms with Crippen LogP contribution in [0.1, 0.15) is 39.2 Å². The first-order chi connectivity index (χ1) is 8.99. The van der Waals surface area contributed by atoms with E-state index in [9.17, 15) is 4.79 Å². The maximum absolute atomic E-state index is 11.6. The van der Waals surface area contributed by atoms with Gasteiger partial charge < -0.3 is 10.1 Å². The lowest BCUT2D eigenvalue weighted by Gasteiger charge is -2.17. The van der Waals surface area contributed by atoms with Gasteiger partial charge in [-0.2, -0.15) is 0 Å². The first-order valence-corrected chi connectivity index (χ1v) is 6.98. The molecule has 1 atom stereocenters. The lowest BCUT2D eigenvalue weighted by molar-refractivity contribution is -0.122. The van der Waals surface area contributed by atoms with Crippen LogP contribution >= 0.6 is 0 Å². The number of ether oxygens (including phenoxy) is 1. The number of benzene rings is 1. The second-order valence-corrected chi connectivity index (χ2v) is 5.37. The fourth-order valence-electron chi connectivity index (χ4n) is 1.55. The van der Waals surface area contributed by atoms with E-state index in [1.165, 1.54) is 5.56 Å². The molecule has 0 bridgehead atoms. The highest BCUT2D eigenvalue weighted by molar-refractivity contribution is 5.76. The lowest BCUT2D eigenvalue weighted by atomic mass is 10.1. The fraction of sp³-hybridized carbons (Fsp3) is 0.562. The van der Waals surface area contributed by atoms with Crippen molar-refractivity contribution >= 4 is 5.91 Å². The van der Waals surface area contributed by atoms with Gasteiger partial charge in [0, 0.05) is 12.5 Å². The third-order valence-electron chi connectivity index (χ3n) is 3.23. The molecular formula is C16H25NO2. The number of hydrogen-bond donors (Lipinski definition) is 1. The van der Waals surface area contributed by atoms with E-state index in [1.807, 2.05) is 38.1 Å². The Morgan fingerprint density at radius 1 is 1.21 bits per heavy atom. The summed E-state index contributed by atoms with van der Waals surface area (Å²) in [5.74, 6) is 1.43. The van der Waals surface area contributed by atoms with Crippen LogP contribution in [0.2, 0.25) is 0 Å². The molecule has 0 aliphatic rings. The number of carbonyl (C=O) groups is 1. The van der Waals surface area contributed by atoms with Crippen molar-refractivity contribution in [3.05, 3.63) is 29.8 Å². The summed E-state index contributed by atoms with van der Waals surface area (Å²) in [5.41, 5.74) is 1.22. The molecule has 3 heteroatoms. The Balaban J connectivity index is 2.17. The van der Waals surface area contributed by atoms with Crippen LogP contribution in [-0.2, 0) is 4.79 Å². The van der Waals surface area contributed by atoms with E-state index in [1.54, 1.807) is 0 Å². The zero-order chi connectivity index (χ0) is 14.3. The van der Waals surface area contributed by atoms with Crippen molar-refractivity contribution in [3.8, 4) is 5.75 Å². The van der Waals surface area contributed by atoms with Crippen molar-refractivity contribution in [1.82, 2.24) is 5.32 Å². The van der Waals surface area contributed by atoms with E-state index in [-0.39, 0.29) is 11.9 Å². The number of carbonyl (C=O) groups excluding carboxylic acids is 1. The van der Waals surface area contributed by atoms with Gasteiger partial charge >= 0.3 is 0 Å². The van der Waals surface area contributed by atoms with E-state index >= 15 is 0 Å². The summed E-state index contributed by atoms with van der Waals surface area (Å²) in [4.78, 5) is 11.6. The van der Waals surface area contributed by atoms with Gasteiger partial charge in [-0.05, 0) is 38.3 Å². The van der Waals surface area contributed by atoms with Crippen LogP contribution in [0.25, 0.3) is 0 Å². The van der Waals surface area contributed by atoms with Crippen molar-refractivity contribution in [3.63, 3.8) is 0 Å². The molecule has 0 aliphatic heterocycles. The molecule has 1 amide bonds. The van der Waals surface area contributed by atoms with Crippen molar-refractivity contribution in [2.45, 2.75) is 46.6 Å². The maximum atomic E-state index is 11.6. The highest BCUT2D eigenvalue weighted by Crippen LogP contribution is 2.11. The minimum Gasteiger partial charge on any atom is -0.494 e. The van der Waals surface area contributed by atoms with Gasteiger partial charge in [-0.15, -0.1) is 0 Å². The van der Waals surface area contributed by atoms with Crippen LogP contribution < -0.4 is 10.1 Å². The summed E-state index contributed by atoms with van der Waals surface area (Å²) >= 11 is 0. The van der Waals surface area contributed by atoms with Crippen molar-refractivity contribution in [2.75, 3.05) is 6.61 Å². The molecule has 19 heavy (non-hydrogen) atoms. The quantitative estimate of drug-likeness (QED) is 0.766. The van der Waals surface area contributed by atoms with Gasteiger partial charge in [0.05, 0.1) is 6.61 Å². The third kappa shape index (κ3) is 6.27. The maximum Gasteiger partial charge on any atom is 0.220 e. The molecule has 0 saturated carbocycles. The number of rotatable bonds is 7. The summed E-state index contributed by atoms with van der Waals surface area (Å²) in [5, 5.41) is 2.99. The van der Waals surface area contributed by atoms with Gasteiger partial charge in [0.15, 0.2) is 0 Å². The topological polar surface area (TPSA) is 38.3 Å². The van der Waals surface area contributed by atoms with Crippen LogP contribution in [-0.4, -0.2) is 18.6 Å². The molecule has 0 radical (unpaired) electrons. The highest BCUT2D eigenvalue weighted by atomic mass is 16.5. The Hall–Kier alpha value is -1.51. The zero-order valence-corrected chi connectivity index (χ0v) is 12.4. The zero-order valence-electron chi connectivity index (χ0n) is 12.4. The molecule has 1 aromatic carbocycles. The average Bonchev–Trinajstić information content (AvgIpc) is 2.36. The molecule has 0 spiro atoms. The highest BCUT2D eigenvalue weighted by Gasteiger charge is 2.10. The largest absolute Gasteiger partial charge is 0.494 e. The van der Waals surface area contributed by atoms with E-state index in [4.69, 9.17) is 4.74 Å². The first kappa shape index (κ1) is 15.5. The van der Waals surface area contributed by atoms with Gasteiger partial charge in [0.2, 0.25) is 5.91 Å². The number of nitrogens with one attached hydrogen (secondary N) is 1. The minimum atomic E-state index is 0.105. The first-order valence-electron chi connectivity index (χ1n) is 6.98. The molecule has 0 fully saturated rings. The van der Waals surface area contributed by atoms with E-state index in [0.717, 1.165) is 12.2 Å². The average molecular weight is 263 g/mol. The molecule has 3 nitrogen and oxygen atoms in total. The summed E-state index contributed by atoms with van der Waals surface area (Å²) in [6, 6.07) is 8.18. The van der Waals surface area contributed by atoms with Crippen LogP contribution in [0.4, 0.5) is 0 Å². The monoisotopic (exact) mass is 263 g/mol. The molecule has 1 rings (SSSR count). The molecule has 106 valence electrons. The van der Waals surface area contributed by atoms with Gasteiger partial charge in [0.25, 0.3) is 0 Å². The van der Waals surface area contributed by atoms with Crippen LogP contribution in [0, 0.1) is 12.8 Å². The van der Waals surface area contributed by atoms with E-state index < -0.39 is 0 Å². The second-order valence-electron chi connectivity index (χ2n) is 5.37. The molecule has 1 aromatic rings. The summed E-state index contributed by atoms with van der Waals surface area (Å²) in [6.45, 7) is 8.86. The van der Waals surface area contributed by atoms with Crippen molar-refractivity contribution in [1.29, 1.82) is 0 Å². The van der Waals surface area contributed by atoms with Crippen LogP contribution in [0.15, 0.2) is 24.3 Å². The SMILES string of the molecule is Cc1ccc(OCCCC(=O)N[C@H](C)C(C)C)cc1. The number of hydrogen-bond acceptors (Lipinski definition) is 2. The normalized spacial score (nSPS) is 12.3. The van der Waals surface area contributed by atoms with Gasteiger partial charge in [-0.1, -0.05) is 31.5 Å². The smallest absolute Gasteiger partial charge is 0.220 e. The molecule has 0 unspecified atom stereocenters. The molecule has 0 saturated heterocycles. The van der Waals surface area contributed by atoms with Gasteiger partial charge in [-0.25, -0.2) is 0 Å². The van der Waals surface area contributed by atoms with Crippen LogP contribution in [0.3, 0.4) is 0 Å². The summed E-state index contributed by atoms with van der Waals surface area (Å²) < 4.78 is 5.58. The molecule has 0 aromatic heterocycles. The van der Waals surface area contributed by atoms with Gasteiger partial charge in [0.1, 0.15) is 5.75 Å². The van der Waals surface area contributed by atoms with Crippen LogP contribution in [0.5, 0.6) is 5.75 Å². The number of aryl methyl sites for hydroxylation is 1. The van der Waals surface area contributed by atoms with E-state index in [2.05, 4.69) is 19.2 Å². The fourth-order valence-corrected chi connectivity index (χ4v) is 1.55. The minimum absolute atomic E-state index is 0.105. The Morgan fingerprint density at radius 2 is 1.84 bits per heavy atom. The standard InChI is InChI=1S/C16H25NO2/c1-12(2)14(4)17-16(18)6-5-11-19-15-9-7-13(3)8-10-15/h7-10,12,14H,5-6,11H2,1-4H3,(H,17,18)/t14-/m1/s1. The molecule has 1 N–H and O–H groups in total.